The zero-order valence-corrected chi connectivity index (χ0v) is 10.5. The molecule has 1 aliphatic rings. The Morgan fingerprint density at radius 1 is 1.40 bits per heavy atom. The van der Waals surface area contributed by atoms with Crippen molar-refractivity contribution in [3.63, 3.8) is 0 Å². The number of hydrogen-bond donors (Lipinski definition) is 1. The van der Waals surface area contributed by atoms with Crippen molar-refractivity contribution < 1.29 is 28.2 Å². The van der Waals surface area contributed by atoms with E-state index in [1.54, 1.807) is 0 Å². The molecule has 0 aliphatic carbocycles. The number of hydrogen-bond acceptors (Lipinski definition) is 3. The van der Waals surface area contributed by atoms with E-state index in [1.807, 2.05) is 0 Å². The van der Waals surface area contributed by atoms with Crippen molar-refractivity contribution in [1.29, 1.82) is 0 Å². The van der Waals surface area contributed by atoms with Crippen LogP contribution in [0.5, 0.6) is 0 Å². The first-order valence-electron chi connectivity index (χ1n) is 6.05. The minimum absolute atomic E-state index is 0.0427. The second-order valence-corrected chi connectivity index (χ2v) is 4.47. The Labute approximate surface area is 113 Å². The number of carbonyl (C=O) groups excluding carboxylic acids is 1. The number of benzene rings is 1. The quantitative estimate of drug-likeness (QED) is 0.908. The van der Waals surface area contributed by atoms with Crippen LogP contribution < -0.4 is 0 Å². The number of aliphatic carboxylic acids is 1. The van der Waals surface area contributed by atoms with Gasteiger partial charge in [-0.3, -0.25) is 9.59 Å². The zero-order chi connectivity index (χ0) is 14.7. The van der Waals surface area contributed by atoms with Gasteiger partial charge in [0.1, 0.15) is 11.6 Å². The lowest BCUT2D eigenvalue weighted by Gasteiger charge is -2.32. The SMILES string of the molecule is O=C(O)C[C@@H]1CN(C(=O)c2cc(F)ccc2F)CCO1. The molecule has 1 fully saturated rings. The van der Waals surface area contributed by atoms with E-state index in [1.165, 1.54) is 4.90 Å². The van der Waals surface area contributed by atoms with Gasteiger partial charge in [0.05, 0.1) is 24.7 Å². The summed E-state index contributed by atoms with van der Waals surface area (Å²) >= 11 is 0. The largest absolute Gasteiger partial charge is 0.481 e. The number of amides is 1. The molecule has 2 rings (SSSR count). The summed E-state index contributed by atoms with van der Waals surface area (Å²) in [7, 11) is 0. The lowest BCUT2D eigenvalue weighted by molar-refractivity contribution is -0.141. The molecule has 0 radical (unpaired) electrons. The molecule has 1 saturated heterocycles. The molecule has 1 amide bonds. The fourth-order valence-electron chi connectivity index (χ4n) is 2.05. The second-order valence-electron chi connectivity index (χ2n) is 4.47. The van der Waals surface area contributed by atoms with Crippen molar-refractivity contribution >= 4 is 11.9 Å². The van der Waals surface area contributed by atoms with Crippen LogP contribution in [0.4, 0.5) is 8.78 Å². The number of rotatable bonds is 3. The third-order valence-electron chi connectivity index (χ3n) is 2.99. The van der Waals surface area contributed by atoms with Crippen molar-refractivity contribution in [2.45, 2.75) is 12.5 Å². The Morgan fingerprint density at radius 2 is 2.15 bits per heavy atom. The van der Waals surface area contributed by atoms with Crippen molar-refractivity contribution in [3.05, 3.63) is 35.4 Å². The van der Waals surface area contributed by atoms with E-state index in [9.17, 15) is 18.4 Å². The van der Waals surface area contributed by atoms with Crippen molar-refractivity contribution in [1.82, 2.24) is 4.90 Å². The maximum Gasteiger partial charge on any atom is 0.306 e. The lowest BCUT2D eigenvalue weighted by Crippen LogP contribution is -2.46. The van der Waals surface area contributed by atoms with Crippen LogP contribution in [0.3, 0.4) is 0 Å². The monoisotopic (exact) mass is 285 g/mol. The summed E-state index contributed by atoms with van der Waals surface area (Å²) in [6.07, 6.45) is -0.878. The molecule has 0 saturated carbocycles. The van der Waals surface area contributed by atoms with Crippen molar-refractivity contribution in [2.24, 2.45) is 0 Å². The average molecular weight is 285 g/mol. The first-order valence-corrected chi connectivity index (χ1v) is 6.05. The van der Waals surface area contributed by atoms with E-state index < -0.39 is 29.6 Å². The first-order chi connectivity index (χ1) is 9.47. The molecule has 5 nitrogen and oxygen atoms in total. The standard InChI is InChI=1S/C13H13F2NO4/c14-8-1-2-11(15)10(5-8)13(19)16-3-4-20-9(7-16)6-12(17)18/h1-2,5,9H,3-4,6-7H2,(H,17,18)/t9-/m1/s1. The Morgan fingerprint density at radius 3 is 2.85 bits per heavy atom. The van der Waals surface area contributed by atoms with Gasteiger partial charge in [-0.15, -0.1) is 0 Å². The highest BCUT2D eigenvalue weighted by molar-refractivity contribution is 5.94. The van der Waals surface area contributed by atoms with Crippen LogP contribution in [0, 0.1) is 11.6 Å². The Hall–Kier alpha value is -2.02. The summed E-state index contributed by atoms with van der Waals surface area (Å²) in [5, 5.41) is 8.70. The van der Waals surface area contributed by atoms with E-state index in [0.29, 0.717) is 0 Å². The summed E-state index contributed by atoms with van der Waals surface area (Å²) in [5.41, 5.74) is -0.360. The Kier molecular flexibility index (Phi) is 4.29. The third-order valence-corrected chi connectivity index (χ3v) is 2.99. The number of halogens is 2. The number of carboxylic acid groups (broad SMARTS) is 1. The van der Waals surface area contributed by atoms with Crippen LogP contribution >= 0.6 is 0 Å². The minimum Gasteiger partial charge on any atom is -0.481 e. The predicted octanol–water partition coefficient (Wildman–Crippen LogP) is 1.28. The molecule has 1 atom stereocenters. The number of nitrogens with zero attached hydrogens (tertiary/aromatic N) is 1. The molecular weight excluding hydrogens is 272 g/mol. The number of morpholine rings is 1. The fraction of sp³-hybridized carbons (Fsp3) is 0.385. The van der Waals surface area contributed by atoms with Crippen LogP contribution in [0.25, 0.3) is 0 Å². The highest BCUT2D eigenvalue weighted by atomic mass is 19.1. The molecule has 0 unspecified atom stereocenters. The van der Waals surface area contributed by atoms with E-state index in [4.69, 9.17) is 9.84 Å². The molecular formula is C13H13F2NO4. The van der Waals surface area contributed by atoms with Crippen molar-refractivity contribution in [2.75, 3.05) is 19.7 Å². The van der Waals surface area contributed by atoms with Gasteiger partial charge in [-0.25, -0.2) is 8.78 Å². The summed E-state index contributed by atoms with van der Waals surface area (Å²) < 4.78 is 31.8. The maximum absolute atomic E-state index is 13.5. The minimum atomic E-state index is -1.04. The summed E-state index contributed by atoms with van der Waals surface area (Å²) in [6.45, 7) is 0.423. The van der Waals surface area contributed by atoms with Crippen molar-refractivity contribution in [3.8, 4) is 0 Å². The van der Waals surface area contributed by atoms with Gasteiger partial charge < -0.3 is 14.7 Å². The molecule has 20 heavy (non-hydrogen) atoms. The topological polar surface area (TPSA) is 66.8 Å². The molecule has 1 aromatic rings. The molecule has 1 aromatic carbocycles. The molecule has 1 N–H and O–H groups in total. The van der Waals surface area contributed by atoms with Gasteiger partial charge in [0.2, 0.25) is 0 Å². The van der Waals surface area contributed by atoms with Crippen LogP contribution in [0.1, 0.15) is 16.8 Å². The molecule has 0 aromatic heterocycles. The maximum atomic E-state index is 13.5. The molecule has 1 aliphatic heterocycles. The third kappa shape index (κ3) is 3.30. The number of carboxylic acids is 1. The highest BCUT2D eigenvalue weighted by Crippen LogP contribution is 2.16. The van der Waals surface area contributed by atoms with Gasteiger partial charge in [0, 0.05) is 13.1 Å². The average Bonchev–Trinajstić information content (AvgIpc) is 2.40. The fourth-order valence-corrected chi connectivity index (χ4v) is 2.05. The van der Waals surface area contributed by atoms with E-state index >= 15 is 0 Å². The van der Waals surface area contributed by atoms with Crippen LogP contribution in [0.2, 0.25) is 0 Å². The second kappa shape index (κ2) is 5.96. The van der Waals surface area contributed by atoms with Gasteiger partial charge in [-0.2, -0.15) is 0 Å². The molecule has 0 bridgehead atoms. The number of ether oxygens (including phenoxy) is 1. The zero-order valence-electron chi connectivity index (χ0n) is 10.5. The molecule has 7 heteroatoms. The van der Waals surface area contributed by atoms with Crippen LogP contribution in [-0.4, -0.2) is 47.7 Å². The Bertz CT molecular complexity index is 535. The van der Waals surface area contributed by atoms with Gasteiger partial charge in [-0.1, -0.05) is 0 Å². The van der Waals surface area contributed by atoms with Gasteiger partial charge in [0.25, 0.3) is 5.91 Å². The highest BCUT2D eigenvalue weighted by Gasteiger charge is 2.28. The predicted molar refractivity (Wildman–Crippen MR) is 64.3 cm³/mol. The summed E-state index contributed by atoms with van der Waals surface area (Å²) in [6, 6.07) is 2.65. The summed E-state index contributed by atoms with van der Waals surface area (Å²) in [4.78, 5) is 24.0. The van der Waals surface area contributed by atoms with E-state index in [2.05, 4.69) is 0 Å². The number of carbonyl (C=O) groups is 2. The van der Waals surface area contributed by atoms with E-state index in [-0.39, 0.29) is 31.7 Å². The molecule has 0 spiro atoms. The first kappa shape index (κ1) is 14.4. The summed E-state index contributed by atoms with van der Waals surface area (Å²) in [5.74, 6) is -3.22. The normalized spacial score (nSPS) is 18.9. The molecule has 1 heterocycles. The van der Waals surface area contributed by atoms with Crippen LogP contribution in [-0.2, 0) is 9.53 Å². The van der Waals surface area contributed by atoms with Gasteiger partial charge in [-0.05, 0) is 18.2 Å². The van der Waals surface area contributed by atoms with Gasteiger partial charge >= 0.3 is 5.97 Å². The van der Waals surface area contributed by atoms with Gasteiger partial charge in [0.15, 0.2) is 0 Å². The lowest BCUT2D eigenvalue weighted by atomic mass is 10.1. The smallest absolute Gasteiger partial charge is 0.306 e. The Balaban J connectivity index is 2.12. The molecule has 108 valence electrons. The van der Waals surface area contributed by atoms with E-state index in [0.717, 1.165) is 18.2 Å². The van der Waals surface area contributed by atoms with Crippen LogP contribution in [0.15, 0.2) is 18.2 Å².